The Labute approximate surface area is 112 Å². The summed E-state index contributed by atoms with van der Waals surface area (Å²) in [5.74, 6) is -0.0187. The number of aromatic nitrogens is 4. The van der Waals surface area contributed by atoms with Crippen molar-refractivity contribution in [1.82, 2.24) is 24.5 Å². The van der Waals surface area contributed by atoms with E-state index in [9.17, 15) is 4.79 Å². The van der Waals surface area contributed by atoms with Crippen LogP contribution < -0.4 is 0 Å². The molecule has 0 bridgehead atoms. The molecule has 0 aliphatic heterocycles. The zero-order chi connectivity index (χ0) is 14.0. The molecular weight excluding hydrogens is 242 g/mol. The maximum atomic E-state index is 12.3. The average molecular weight is 261 g/mol. The molecule has 2 rings (SSSR count). The number of rotatable bonds is 4. The smallest absolute Gasteiger partial charge is 0.257 e. The summed E-state index contributed by atoms with van der Waals surface area (Å²) in [6.07, 6.45) is 5.37. The molecule has 0 saturated heterocycles. The van der Waals surface area contributed by atoms with Gasteiger partial charge in [0.2, 0.25) is 0 Å². The van der Waals surface area contributed by atoms with Crippen molar-refractivity contribution in [2.75, 3.05) is 7.05 Å². The van der Waals surface area contributed by atoms with Crippen LogP contribution in [0.3, 0.4) is 0 Å². The van der Waals surface area contributed by atoms with Crippen LogP contribution in [0, 0.1) is 6.92 Å². The number of carbonyl (C=O) groups excluding carboxylic acids is 1. The van der Waals surface area contributed by atoms with E-state index in [1.165, 1.54) is 0 Å². The van der Waals surface area contributed by atoms with Crippen LogP contribution >= 0.6 is 0 Å². The Bertz CT molecular complexity index is 584. The Balaban J connectivity index is 2.09. The highest BCUT2D eigenvalue weighted by Crippen LogP contribution is 2.11. The third-order valence-electron chi connectivity index (χ3n) is 3.24. The van der Waals surface area contributed by atoms with Gasteiger partial charge in [-0.3, -0.25) is 14.2 Å². The largest absolute Gasteiger partial charge is 0.337 e. The number of hydrogen-bond donors (Lipinski definition) is 0. The van der Waals surface area contributed by atoms with E-state index in [0.29, 0.717) is 12.1 Å². The monoisotopic (exact) mass is 261 g/mol. The summed E-state index contributed by atoms with van der Waals surface area (Å²) in [5.41, 5.74) is 2.55. The summed E-state index contributed by atoms with van der Waals surface area (Å²) in [6, 6.07) is 0. The molecule has 0 aliphatic rings. The number of amides is 1. The van der Waals surface area contributed by atoms with Crippen LogP contribution in [-0.4, -0.2) is 37.4 Å². The standard InChI is InChI=1S/C13H19N5O/c1-5-18-9-11(6-15-18)8-16(3)13(19)12-7-14-17(4)10(12)2/h6-7,9H,5,8H2,1-4H3. The van der Waals surface area contributed by atoms with Gasteiger partial charge in [-0.1, -0.05) is 0 Å². The molecule has 2 aromatic heterocycles. The summed E-state index contributed by atoms with van der Waals surface area (Å²) in [5, 5.41) is 8.30. The minimum Gasteiger partial charge on any atom is -0.337 e. The zero-order valence-corrected chi connectivity index (χ0v) is 11.8. The second-order valence-corrected chi connectivity index (χ2v) is 4.63. The zero-order valence-electron chi connectivity index (χ0n) is 11.8. The van der Waals surface area contributed by atoms with Crippen molar-refractivity contribution >= 4 is 5.91 Å². The van der Waals surface area contributed by atoms with E-state index < -0.39 is 0 Å². The first-order valence-electron chi connectivity index (χ1n) is 6.28. The number of aryl methyl sites for hydroxylation is 2. The molecule has 6 heteroatoms. The van der Waals surface area contributed by atoms with Crippen LogP contribution in [0.25, 0.3) is 0 Å². The number of carbonyl (C=O) groups is 1. The molecule has 0 radical (unpaired) electrons. The summed E-state index contributed by atoms with van der Waals surface area (Å²) in [6.45, 7) is 5.31. The summed E-state index contributed by atoms with van der Waals surface area (Å²) < 4.78 is 3.55. The van der Waals surface area contributed by atoms with Crippen LogP contribution in [0.2, 0.25) is 0 Å². The Morgan fingerprint density at radius 2 is 2.11 bits per heavy atom. The highest BCUT2D eigenvalue weighted by atomic mass is 16.2. The summed E-state index contributed by atoms with van der Waals surface area (Å²) in [7, 11) is 3.62. The first-order chi connectivity index (χ1) is 9.02. The van der Waals surface area contributed by atoms with E-state index in [1.54, 1.807) is 29.0 Å². The lowest BCUT2D eigenvalue weighted by Crippen LogP contribution is -2.26. The molecule has 19 heavy (non-hydrogen) atoms. The minimum atomic E-state index is -0.0187. The van der Waals surface area contributed by atoms with Gasteiger partial charge < -0.3 is 4.90 Å². The van der Waals surface area contributed by atoms with Crippen LogP contribution in [-0.2, 0) is 20.1 Å². The number of hydrogen-bond acceptors (Lipinski definition) is 3. The van der Waals surface area contributed by atoms with Crippen LogP contribution in [0.5, 0.6) is 0 Å². The van der Waals surface area contributed by atoms with Gasteiger partial charge in [-0.25, -0.2) is 0 Å². The van der Waals surface area contributed by atoms with Gasteiger partial charge in [0.1, 0.15) is 0 Å². The van der Waals surface area contributed by atoms with Crippen molar-refractivity contribution in [2.24, 2.45) is 7.05 Å². The lowest BCUT2D eigenvalue weighted by Gasteiger charge is -2.15. The molecule has 0 atom stereocenters. The van der Waals surface area contributed by atoms with E-state index >= 15 is 0 Å². The van der Waals surface area contributed by atoms with Crippen molar-refractivity contribution < 1.29 is 4.79 Å². The van der Waals surface area contributed by atoms with Crippen LogP contribution in [0.1, 0.15) is 28.5 Å². The fourth-order valence-electron chi connectivity index (χ4n) is 1.92. The first-order valence-corrected chi connectivity index (χ1v) is 6.28. The van der Waals surface area contributed by atoms with Gasteiger partial charge >= 0.3 is 0 Å². The van der Waals surface area contributed by atoms with Gasteiger partial charge in [-0.2, -0.15) is 10.2 Å². The maximum Gasteiger partial charge on any atom is 0.257 e. The molecule has 0 unspecified atom stereocenters. The van der Waals surface area contributed by atoms with E-state index in [4.69, 9.17) is 0 Å². The van der Waals surface area contributed by atoms with Gasteiger partial charge in [-0.15, -0.1) is 0 Å². The topological polar surface area (TPSA) is 56.0 Å². The molecule has 2 heterocycles. The normalized spacial score (nSPS) is 10.7. The average Bonchev–Trinajstić information content (AvgIpc) is 2.97. The van der Waals surface area contributed by atoms with Gasteiger partial charge in [0.05, 0.1) is 18.0 Å². The summed E-state index contributed by atoms with van der Waals surface area (Å²) in [4.78, 5) is 14.0. The van der Waals surface area contributed by atoms with E-state index in [0.717, 1.165) is 17.8 Å². The molecule has 2 aromatic rings. The lowest BCUT2D eigenvalue weighted by atomic mass is 10.2. The quantitative estimate of drug-likeness (QED) is 0.831. The molecule has 0 N–H and O–H groups in total. The van der Waals surface area contributed by atoms with Crippen molar-refractivity contribution in [3.63, 3.8) is 0 Å². The molecule has 0 saturated carbocycles. The third-order valence-corrected chi connectivity index (χ3v) is 3.24. The molecule has 0 aliphatic carbocycles. The van der Waals surface area contributed by atoms with Crippen molar-refractivity contribution in [3.05, 3.63) is 35.4 Å². The van der Waals surface area contributed by atoms with Crippen LogP contribution in [0.15, 0.2) is 18.6 Å². The molecule has 0 spiro atoms. The Kier molecular flexibility index (Phi) is 3.69. The Hall–Kier alpha value is -2.11. The van der Waals surface area contributed by atoms with Crippen LogP contribution in [0.4, 0.5) is 0 Å². The molecular formula is C13H19N5O. The molecule has 6 nitrogen and oxygen atoms in total. The fourth-order valence-corrected chi connectivity index (χ4v) is 1.92. The Morgan fingerprint density at radius 3 is 2.63 bits per heavy atom. The fraction of sp³-hybridized carbons (Fsp3) is 0.462. The van der Waals surface area contributed by atoms with Gasteiger partial charge in [0.25, 0.3) is 5.91 Å². The van der Waals surface area contributed by atoms with Crippen molar-refractivity contribution in [3.8, 4) is 0 Å². The van der Waals surface area contributed by atoms with Gasteiger partial charge in [0.15, 0.2) is 0 Å². The minimum absolute atomic E-state index is 0.0187. The molecule has 0 fully saturated rings. The molecule has 102 valence electrons. The third kappa shape index (κ3) is 2.67. The number of nitrogens with zero attached hydrogens (tertiary/aromatic N) is 5. The molecule has 1 amide bonds. The highest BCUT2D eigenvalue weighted by Gasteiger charge is 2.17. The van der Waals surface area contributed by atoms with E-state index in [1.807, 2.05) is 31.8 Å². The first kappa shape index (κ1) is 13.3. The maximum absolute atomic E-state index is 12.3. The lowest BCUT2D eigenvalue weighted by molar-refractivity contribution is 0.0784. The summed E-state index contributed by atoms with van der Waals surface area (Å²) >= 11 is 0. The van der Waals surface area contributed by atoms with E-state index in [2.05, 4.69) is 10.2 Å². The highest BCUT2D eigenvalue weighted by molar-refractivity contribution is 5.94. The second-order valence-electron chi connectivity index (χ2n) is 4.63. The predicted molar refractivity (Wildman–Crippen MR) is 71.6 cm³/mol. The Morgan fingerprint density at radius 1 is 1.37 bits per heavy atom. The predicted octanol–water partition coefficient (Wildman–Crippen LogP) is 1.22. The SMILES string of the molecule is CCn1cc(CN(C)C(=O)c2cnn(C)c2C)cn1. The van der Waals surface area contributed by atoms with E-state index in [-0.39, 0.29) is 5.91 Å². The molecule has 0 aromatic carbocycles. The second kappa shape index (κ2) is 5.26. The van der Waals surface area contributed by atoms with Crippen molar-refractivity contribution in [2.45, 2.75) is 26.9 Å². The van der Waals surface area contributed by atoms with Gasteiger partial charge in [0, 0.05) is 44.6 Å². The van der Waals surface area contributed by atoms with Crippen molar-refractivity contribution in [1.29, 1.82) is 0 Å². The van der Waals surface area contributed by atoms with Gasteiger partial charge in [-0.05, 0) is 13.8 Å².